The second-order valence-electron chi connectivity index (χ2n) is 6.55. The zero-order chi connectivity index (χ0) is 19.4. The molecule has 10 heteroatoms. The minimum Gasteiger partial charge on any atom is -0.441 e. The Morgan fingerprint density at radius 2 is 2.00 bits per heavy atom. The van der Waals surface area contributed by atoms with Crippen LogP contribution in [-0.2, 0) is 19.0 Å². The molecule has 0 saturated carbocycles. The predicted molar refractivity (Wildman–Crippen MR) is 104 cm³/mol. The van der Waals surface area contributed by atoms with Crippen LogP contribution in [0.5, 0.6) is 0 Å². The van der Waals surface area contributed by atoms with Gasteiger partial charge in [-0.15, -0.1) is 0 Å². The number of ether oxygens (including phenoxy) is 1. The van der Waals surface area contributed by atoms with Gasteiger partial charge in [0, 0.05) is 13.1 Å². The van der Waals surface area contributed by atoms with Gasteiger partial charge in [0.25, 0.3) is 10.1 Å². The van der Waals surface area contributed by atoms with Gasteiger partial charge in [0.15, 0.2) is 0 Å². The van der Waals surface area contributed by atoms with E-state index in [9.17, 15) is 17.6 Å². The molecule has 2 aliphatic rings. The Kier molecular flexibility index (Phi) is 6.48. The molecule has 0 radical (unpaired) electrons. The molecule has 1 atom stereocenters. The number of nitrogens with zero attached hydrogens (tertiary/aromatic N) is 2. The van der Waals surface area contributed by atoms with Crippen molar-refractivity contribution in [3.8, 4) is 0 Å². The summed E-state index contributed by atoms with van der Waals surface area (Å²) in [5, 5.41) is 0. The molecule has 150 valence electrons. The van der Waals surface area contributed by atoms with Crippen molar-refractivity contribution in [2.24, 2.45) is 0 Å². The van der Waals surface area contributed by atoms with E-state index in [0.717, 1.165) is 43.7 Å². The molecule has 1 aromatic rings. The number of carbonyl (C=O) groups excluding carboxylic acids is 1. The maximum atomic E-state index is 14.7. The topological polar surface area (TPSA) is 76.2 Å². The molecule has 0 spiro atoms. The fourth-order valence-corrected chi connectivity index (χ4v) is 4.38. The van der Waals surface area contributed by atoms with Gasteiger partial charge in [0.2, 0.25) is 0 Å². The molecule has 7 nitrogen and oxygen atoms in total. The second kappa shape index (κ2) is 8.66. The number of carbonyl (C=O) groups is 1. The Bertz CT molecular complexity index is 782. The number of rotatable bonds is 5. The highest BCUT2D eigenvalue weighted by atomic mass is 32.2. The molecule has 0 N–H and O–H groups in total. The molecular formula is C17H23FN2O5S2. The van der Waals surface area contributed by atoms with E-state index in [1.807, 2.05) is 16.7 Å². The summed E-state index contributed by atoms with van der Waals surface area (Å²) in [5.74, 6) is 1.77. The Morgan fingerprint density at radius 3 is 2.63 bits per heavy atom. The van der Waals surface area contributed by atoms with Crippen LogP contribution in [0.4, 0.5) is 20.6 Å². The van der Waals surface area contributed by atoms with Crippen molar-refractivity contribution in [3.05, 3.63) is 24.0 Å². The van der Waals surface area contributed by atoms with Crippen molar-refractivity contribution in [2.45, 2.75) is 18.9 Å². The lowest BCUT2D eigenvalue weighted by Crippen LogP contribution is -2.29. The van der Waals surface area contributed by atoms with Gasteiger partial charge in [-0.05, 0) is 42.5 Å². The quantitative estimate of drug-likeness (QED) is 0.680. The molecule has 0 bridgehead atoms. The number of amides is 1. The first kappa shape index (κ1) is 20.2. The van der Waals surface area contributed by atoms with Crippen LogP contribution < -0.4 is 9.80 Å². The summed E-state index contributed by atoms with van der Waals surface area (Å²) in [6, 6.07) is 4.70. The highest BCUT2D eigenvalue weighted by Crippen LogP contribution is 2.29. The van der Waals surface area contributed by atoms with Crippen LogP contribution >= 0.6 is 11.8 Å². The highest BCUT2D eigenvalue weighted by molar-refractivity contribution is 7.99. The van der Waals surface area contributed by atoms with Gasteiger partial charge in [-0.3, -0.25) is 9.08 Å². The van der Waals surface area contributed by atoms with Gasteiger partial charge in [-0.25, -0.2) is 9.18 Å². The van der Waals surface area contributed by atoms with Gasteiger partial charge in [-0.2, -0.15) is 20.2 Å². The number of halogens is 1. The van der Waals surface area contributed by atoms with E-state index in [-0.39, 0.29) is 19.0 Å². The summed E-state index contributed by atoms with van der Waals surface area (Å²) in [7, 11) is -3.62. The predicted octanol–water partition coefficient (Wildman–Crippen LogP) is 2.46. The van der Waals surface area contributed by atoms with E-state index < -0.39 is 22.3 Å². The monoisotopic (exact) mass is 418 g/mol. The molecule has 2 saturated heterocycles. The lowest BCUT2D eigenvalue weighted by molar-refractivity contribution is 0.107. The molecule has 1 unspecified atom stereocenters. The van der Waals surface area contributed by atoms with Crippen LogP contribution in [0.15, 0.2) is 18.2 Å². The fraction of sp³-hybridized carbons (Fsp3) is 0.588. The van der Waals surface area contributed by atoms with Crippen LogP contribution in [0.3, 0.4) is 0 Å². The first-order valence-corrected chi connectivity index (χ1v) is 11.8. The van der Waals surface area contributed by atoms with Gasteiger partial charge in [0.1, 0.15) is 18.5 Å². The van der Waals surface area contributed by atoms with Gasteiger partial charge >= 0.3 is 6.09 Å². The minimum absolute atomic E-state index is 0.105. The van der Waals surface area contributed by atoms with E-state index in [0.29, 0.717) is 11.4 Å². The summed E-state index contributed by atoms with van der Waals surface area (Å²) >= 11 is 1.93. The molecule has 0 aromatic heterocycles. The minimum atomic E-state index is -3.62. The molecule has 2 aliphatic heterocycles. The standard InChI is InChI=1S/C17H23FN2O5S2/c1-27(22,23)24-12-14-11-20(17(21)25-14)13-4-5-16(15(18)10-13)19-6-2-8-26-9-3-7-19/h4-5,10,14H,2-3,6-9,11-12H2,1H3. The molecule has 1 amide bonds. The number of hydrogen-bond donors (Lipinski definition) is 0. The largest absolute Gasteiger partial charge is 0.441 e. The second-order valence-corrected chi connectivity index (χ2v) is 9.42. The Labute approximate surface area is 162 Å². The molecule has 3 rings (SSSR count). The third-order valence-electron chi connectivity index (χ3n) is 4.36. The van der Waals surface area contributed by atoms with Gasteiger partial charge in [-0.1, -0.05) is 0 Å². The molecular weight excluding hydrogens is 395 g/mol. The highest BCUT2D eigenvalue weighted by Gasteiger charge is 2.33. The van der Waals surface area contributed by atoms with Crippen LogP contribution in [-0.4, -0.2) is 64.6 Å². The van der Waals surface area contributed by atoms with Crippen molar-refractivity contribution in [2.75, 3.05) is 53.8 Å². The maximum absolute atomic E-state index is 14.7. The number of cyclic esters (lactones) is 1. The molecule has 2 heterocycles. The third kappa shape index (κ3) is 5.49. The van der Waals surface area contributed by atoms with Crippen LogP contribution in [0.25, 0.3) is 0 Å². The van der Waals surface area contributed by atoms with Crippen molar-refractivity contribution in [1.29, 1.82) is 0 Å². The SMILES string of the molecule is CS(=O)(=O)OCC1CN(c2ccc(N3CCCSCCC3)c(F)c2)C(=O)O1. The van der Waals surface area contributed by atoms with Crippen molar-refractivity contribution in [1.82, 2.24) is 0 Å². The molecule has 0 aliphatic carbocycles. The van der Waals surface area contributed by atoms with Crippen LogP contribution in [0.1, 0.15) is 12.8 Å². The van der Waals surface area contributed by atoms with Crippen molar-refractivity contribution < 1.29 is 26.5 Å². The summed E-state index contributed by atoms with van der Waals surface area (Å²) in [6.07, 6.45) is 1.58. The normalized spacial score (nSPS) is 21.7. The number of hydrogen-bond acceptors (Lipinski definition) is 7. The smallest absolute Gasteiger partial charge is 0.414 e. The van der Waals surface area contributed by atoms with Crippen molar-refractivity contribution >= 4 is 39.3 Å². The zero-order valence-corrected chi connectivity index (χ0v) is 16.7. The number of benzene rings is 1. The Hall–Kier alpha value is -1.52. The molecule has 2 fully saturated rings. The summed E-state index contributed by atoms with van der Waals surface area (Å²) < 4.78 is 46.6. The van der Waals surface area contributed by atoms with Gasteiger partial charge < -0.3 is 9.64 Å². The number of anilines is 2. The summed E-state index contributed by atoms with van der Waals surface area (Å²) in [4.78, 5) is 15.4. The maximum Gasteiger partial charge on any atom is 0.414 e. The first-order valence-electron chi connectivity index (χ1n) is 8.78. The van der Waals surface area contributed by atoms with E-state index in [4.69, 9.17) is 4.74 Å². The lowest BCUT2D eigenvalue weighted by Gasteiger charge is -2.27. The fourth-order valence-electron chi connectivity index (χ4n) is 3.11. The summed E-state index contributed by atoms with van der Waals surface area (Å²) in [5.41, 5.74) is 0.917. The molecule has 27 heavy (non-hydrogen) atoms. The third-order valence-corrected chi connectivity index (χ3v) is 6.08. The number of thioether (sulfide) groups is 1. The zero-order valence-electron chi connectivity index (χ0n) is 15.1. The molecule has 1 aromatic carbocycles. The Morgan fingerprint density at radius 1 is 1.30 bits per heavy atom. The van der Waals surface area contributed by atoms with Crippen molar-refractivity contribution in [3.63, 3.8) is 0 Å². The Balaban J connectivity index is 1.68. The lowest BCUT2D eigenvalue weighted by atomic mass is 10.2. The van der Waals surface area contributed by atoms with E-state index in [1.54, 1.807) is 12.1 Å². The average Bonchev–Trinajstić information content (AvgIpc) is 2.94. The van der Waals surface area contributed by atoms with E-state index in [1.165, 1.54) is 11.0 Å². The van der Waals surface area contributed by atoms with Crippen LogP contribution in [0, 0.1) is 5.82 Å². The van der Waals surface area contributed by atoms with Gasteiger partial charge in [0.05, 0.1) is 24.2 Å². The van der Waals surface area contributed by atoms with E-state index >= 15 is 0 Å². The van der Waals surface area contributed by atoms with E-state index in [2.05, 4.69) is 4.18 Å². The average molecular weight is 419 g/mol. The first-order chi connectivity index (χ1) is 12.8. The summed E-state index contributed by atoms with van der Waals surface area (Å²) in [6.45, 7) is 1.46. The van der Waals surface area contributed by atoms with Crippen LogP contribution in [0.2, 0.25) is 0 Å².